The highest BCUT2D eigenvalue weighted by Crippen LogP contribution is 2.76. The summed E-state index contributed by atoms with van der Waals surface area (Å²) in [5.74, 6) is 3.17. The molecule has 0 aromatic rings. The zero-order valence-corrected chi connectivity index (χ0v) is 7.55. The number of hydrogen-bond acceptors (Lipinski definition) is 1. The second kappa shape index (κ2) is 1.50. The van der Waals surface area contributed by atoms with Crippen molar-refractivity contribution in [3.8, 4) is 0 Å². The van der Waals surface area contributed by atoms with Gasteiger partial charge in [-0.2, -0.15) is 0 Å². The Labute approximate surface area is 73.7 Å². The molecule has 0 heterocycles. The van der Waals surface area contributed by atoms with Gasteiger partial charge in [-0.1, -0.05) is 0 Å². The molecule has 0 aromatic carbocycles. The molecule has 1 nitrogen and oxygen atoms in total. The van der Waals surface area contributed by atoms with E-state index in [-0.39, 0.29) is 0 Å². The SMILES string of the molecule is NC12CC3CC4CC(C1)C2(C4)C3. The van der Waals surface area contributed by atoms with Gasteiger partial charge in [-0.05, 0) is 61.7 Å². The second-order valence-electron chi connectivity index (χ2n) is 6.03. The molecule has 3 bridgehead atoms. The third-order valence-corrected chi connectivity index (χ3v) is 5.63. The molecule has 4 aliphatic rings. The van der Waals surface area contributed by atoms with E-state index < -0.39 is 0 Å². The van der Waals surface area contributed by atoms with E-state index in [9.17, 15) is 0 Å². The van der Waals surface area contributed by atoms with E-state index in [4.69, 9.17) is 5.73 Å². The van der Waals surface area contributed by atoms with Crippen molar-refractivity contribution < 1.29 is 0 Å². The van der Waals surface area contributed by atoms with Gasteiger partial charge >= 0.3 is 0 Å². The summed E-state index contributed by atoms with van der Waals surface area (Å²) in [6, 6.07) is 0. The first-order valence-corrected chi connectivity index (χ1v) is 5.51. The van der Waals surface area contributed by atoms with E-state index >= 15 is 0 Å². The van der Waals surface area contributed by atoms with Gasteiger partial charge in [-0.3, -0.25) is 0 Å². The molecular formula is C11H17N. The maximum Gasteiger partial charge on any atom is 0.0219 e. The smallest absolute Gasteiger partial charge is 0.0219 e. The zero-order chi connectivity index (χ0) is 7.97. The molecule has 5 atom stereocenters. The van der Waals surface area contributed by atoms with E-state index in [2.05, 4.69) is 0 Å². The summed E-state index contributed by atoms with van der Waals surface area (Å²) in [6.45, 7) is 0. The molecule has 4 saturated carbocycles. The molecular weight excluding hydrogens is 146 g/mol. The zero-order valence-electron chi connectivity index (χ0n) is 7.55. The van der Waals surface area contributed by atoms with Crippen molar-refractivity contribution in [2.45, 2.75) is 44.1 Å². The Kier molecular flexibility index (Phi) is 0.800. The number of nitrogens with two attached hydrogens (primary N) is 1. The summed E-state index contributed by atoms with van der Waals surface area (Å²) < 4.78 is 0. The Balaban J connectivity index is 1.91. The van der Waals surface area contributed by atoms with Crippen LogP contribution in [-0.2, 0) is 0 Å². The maximum atomic E-state index is 6.50. The summed E-state index contributed by atoms with van der Waals surface area (Å²) in [6.07, 6.45) is 8.82. The average molecular weight is 163 g/mol. The average Bonchev–Trinajstić information content (AvgIpc) is 2.29. The molecule has 0 amide bonds. The number of rotatable bonds is 0. The Bertz CT molecular complexity index is 256. The summed E-state index contributed by atoms with van der Waals surface area (Å²) in [5, 5.41) is 0. The van der Waals surface area contributed by atoms with Crippen molar-refractivity contribution in [3.05, 3.63) is 0 Å². The van der Waals surface area contributed by atoms with E-state index in [1.807, 2.05) is 0 Å². The third-order valence-electron chi connectivity index (χ3n) is 5.63. The fraction of sp³-hybridized carbons (Fsp3) is 1.00. The first kappa shape index (κ1) is 6.42. The van der Waals surface area contributed by atoms with Crippen LogP contribution in [0.3, 0.4) is 0 Å². The molecule has 4 aliphatic carbocycles. The summed E-state index contributed by atoms with van der Waals surface area (Å²) in [7, 11) is 0. The molecule has 5 unspecified atom stereocenters. The van der Waals surface area contributed by atoms with Crippen molar-refractivity contribution in [1.29, 1.82) is 0 Å². The molecule has 2 N–H and O–H groups in total. The molecule has 12 heavy (non-hydrogen) atoms. The van der Waals surface area contributed by atoms with Crippen molar-refractivity contribution in [1.82, 2.24) is 0 Å². The third kappa shape index (κ3) is 0.433. The lowest BCUT2D eigenvalue weighted by molar-refractivity contribution is -0.0272. The lowest BCUT2D eigenvalue weighted by Gasteiger charge is -2.57. The fourth-order valence-corrected chi connectivity index (χ4v) is 5.45. The van der Waals surface area contributed by atoms with Crippen LogP contribution in [0, 0.1) is 23.2 Å². The predicted molar refractivity (Wildman–Crippen MR) is 47.5 cm³/mol. The molecule has 66 valence electrons. The highest BCUT2D eigenvalue weighted by Gasteiger charge is 2.72. The molecule has 0 aliphatic heterocycles. The van der Waals surface area contributed by atoms with Crippen LogP contribution in [0.1, 0.15) is 38.5 Å². The standard InChI is InChI=1S/C11H17N/c12-11-5-8-1-7-2-9(6-11)10(11,3-7)4-8/h7-9H,1-6,12H2. The normalized spacial score (nSPS) is 71.2. The molecule has 0 radical (unpaired) electrons. The van der Waals surface area contributed by atoms with Crippen LogP contribution in [0.15, 0.2) is 0 Å². The molecule has 4 fully saturated rings. The van der Waals surface area contributed by atoms with E-state index in [1.165, 1.54) is 38.5 Å². The van der Waals surface area contributed by atoms with Gasteiger partial charge in [0.1, 0.15) is 0 Å². The molecule has 0 saturated heterocycles. The quantitative estimate of drug-likeness (QED) is 0.580. The lowest BCUT2D eigenvalue weighted by atomic mass is 9.51. The molecule has 1 spiro atoms. The van der Waals surface area contributed by atoms with Gasteiger partial charge in [0.25, 0.3) is 0 Å². The van der Waals surface area contributed by atoms with Crippen LogP contribution in [0.4, 0.5) is 0 Å². The van der Waals surface area contributed by atoms with Gasteiger partial charge in [-0.15, -0.1) is 0 Å². The minimum atomic E-state index is 0.327. The topological polar surface area (TPSA) is 26.0 Å². The Morgan fingerprint density at radius 2 is 1.75 bits per heavy atom. The van der Waals surface area contributed by atoms with Crippen molar-refractivity contribution in [2.24, 2.45) is 28.9 Å². The summed E-state index contributed by atoms with van der Waals surface area (Å²) >= 11 is 0. The van der Waals surface area contributed by atoms with Crippen molar-refractivity contribution in [2.75, 3.05) is 0 Å². The highest BCUT2D eigenvalue weighted by molar-refractivity contribution is 5.26. The lowest BCUT2D eigenvalue weighted by Crippen LogP contribution is -2.63. The van der Waals surface area contributed by atoms with Crippen molar-refractivity contribution >= 4 is 0 Å². The number of fused-ring (bicyclic) bond motifs is 2. The fourth-order valence-electron chi connectivity index (χ4n) is 5.45. The van der Waals surface area contributed by atoms with Gasteiger partial charge in [-0.25, -0.2) is 0 Å². The van der Waals surface area contributed by atoms with Gasteiger partial charge < -0.3 is 5.73 Å². The van der Waals surface area contributed by atoms with Gasteiger partial charge in [0.15, 0.2) is 0 Å². The minimum absolute atomic E-state index is 0.327. The van der Waals surface area contributed by atoms with Crippen LogP contribution in [0.2, 0.25) is 0 Å². The summed E-state index contributed by atoms with van der Waals surface area (Å²) in [5.41, 5.74) is 7.51. The summed E-state index contributed by atoms with van der Waals surface area (Å²) in [4.78, 5) is 0. The van der Waals surface area contributed by atoms with E-state index in [1.54, 1.807) is 0 Å². The first-order valence-electron chi connectivity index (χ1n) is 5.51. The van der Waals surface area contributed by atoms with Crippen LogP contribution < -0.4 is 5.73 Å². The highest BCUT2D eigenvalue weighted by atomic mass is 14.9. The van der Waals surface area contributed by atoms with Gasteiger partial charge in [0.05, 0.1) is 0 Å². The van der Waals surface area contributed by atoms with E-state index in [0.717, 1.165) is 17.8 Å². The van der Waals surface area contributed by atoms with E-state index in [0.29, 0.717) is 11.0 Å². The molecule has 1 heteroatoms. The minimum Gasteiger partial charge on any atom is -0.325 e. The Hall–Kier alpha value is -0.0400. The van der Waals surface area contributed by atoms with Gasteiger partial charge in [0, 0.05) is 5.54 Å². The number of hydrogen-bond donors (Lipinski definition) is 1. The monoisotopic (exact) mass is 163 g/mol. The van der Waals surface area contributed by atoms with Crippen LogP contribution >= 0.6 is 0 Å². The Morgan fingerprint density at radius 1 is 0.917 bits per heavy atom. The first-order chi connectivity index (χ1) is 5.72. The van der Waals surface area contributed by atoms with Crippen LogP contribution in [0.25, 0.3) is 0 Å². The predicted octanol–water partition coefficient (Wildman–Crippen LogP) is 1.91. The van der Waals surface area contributed by atoms with Gasteiger partial charge in [0.2, 0.25) is 0 Å². The largest absolute Gasteiger partial charge is 0.325 e. The van der Waals surface area contributed by atoms with Crippen LogP contribution in [0.5, 0.6) is 0 Å². The van der Waals surface area contributed by atoms with Crippen molar-refractivity contribution in [3.63, 3.8) is 0 Å². The maximum absolute atomic E-state index is 6.50. The van der Waals surface area contributed by atoms with Crippen LogP contribution in [-0.4, -0.2) is 5.54 Å². The Morgan fingerprint density at radius 3 is 2.67 bits per heavy atom. The molecule has 4 rings (SSSR count). The second-order valence-corrected chi connectivity index (χ2v) is 6.03. The molecule has 0 aromatic heterocycles.